The summed E-state index contributed by atoms with van der Waals surface area (Å²) < 4.78 is 5.96. The normalized spacial score (nSPS) is 12.0. The highest BCUT2D eigenvalue weighted by Gasteiger charge is 2.12. The highest BCUT2D eigenvalue weighted by molar-refractivity contribution is 9.10. The van der Waals surface area contributed by atoms with Crippen molar-refractivity contribution in [1.82, 2.24) is 0 Å². The van der Waals surface area contributed by atoms with Crippen molar-refractivity contribution in [2.24, 2.45) is 5.73 Å². The molecule has 0 saturated heterocycles. The third-order valence-corrected chi connectivity index (χ3v) is 2.77. The number of rotatable bonds is 5. The van der Waals surface area contributed by atoms with Crippen LogP contribution in [0.2, 0.25) is 0 Å². The van der Waals surface area contributed by atoms with Crippen molar-refractivity contribution in [3.63, 3.8) is 0 Å². The third kappa shape index (κ3) is 4.36. The maximum absolute atomic E-state index is 11.7. The summed E-state index contributed by atoms with van der Waals surface area (Å²) >= 11 is 3.35. The molecule has 0 aliphatic carbocycles. The van der Waals surface area contributed by atoms with Crippen LogP contribution in [0, 0.1) is 0 Å². The van der Waals surface area contributed by atoms with E-state index in [-0.39, 0.29) is 5.91 Å². The lowest BCUT2D eigenvalue weighted by Crippen LogP contribution is -2.35. The molecule has 1 aromatic carbocycles. The second-order valence-corrected chi connectivity index (χ2v) is 4.68. The molecule has 0 aromatic heterocycles. The molecule has 4 nitrogen and oxygen atoms in total. The second-order valence-electron chi connectivity index (χ2n) is 3.76. The number of hydrogen-bond acceptors (Lipinski definition) is 3. The summed E-state index contributed by atoms with van der Waals surface area (Å²) in [6, 6.07) is 4.91. The lowest BCUT2D eigenvalue weighted by molar-refractivity contribution is -0.117. The van der Waals surface area contributed by atoms with Crippen molar-refractivity contribution in [1.29, 1.82) is 0 Å². The number of amides is 1. The number of methoxy groups -OCH3 is 1. The predicted molar refractivity (Wildman–Crippen MR) is 72.2 cm³/mol. The van der Waals surface area contributed by atoms with Gasteiger partial charge in [-0.05, 0) is 18.6 Å². The monoisotopic (exact) mass is 300 g/mol. The van der Waals surface area contributed by atoms with Crippen LogP contribution in [0.1, 0.15) is 19.8 Å². The fraction of sp³-hybridized carbons (Fsp3) is 0.417. The molecule has 94 valence electrons. The maximum Gasteiger partial charge on any atom is 0.241 e. The highest BCUT2D eigenvalue weighted by Crippen LogP contribution is 2.24. The van der Waals surface area contributed by atoms with Crippen molar-refractivity contribution >= 4 is 27.5 Å². The molecule has 0 aliphatic rings. The molecule has 1 amide bonds. The van der Waals surface area contributed by atoms with E-state index < -0.39 is 6.04 Å². The van der Waals surface area contributed by atoms with Crippen LogP contribution in [-0.4, -0.2) is 19.1 Å². The summed E-state index contributed by atoms with van der Waals surface area (Å²) in [4.78, 5) is 11.7. The van der Waals surface area contributed by atoms with Gasteiger partial charge in [0.05, 0.1) is 13.2 Å². The Balaban J connectivity index is 2.74. The minimum Gasteiger partial charge on any atom is -0.497 e. The topological polar surface area (TPSA) is 64.4 Å². The average molecular weight is 301 g/mol. The van der Waals surface area contributed by atoms with Gasteiger partial charge in [-0.2, -0.15) is 0 Å². The Hall–Kier alpha value is -1.07. The number of nitrogens with one attached hydrogen (secondary N) is 1. The van der Waals surface area contributed by atoms with Crippen LogP contribution in [0.3, 0.4) is 0 Å². The zero-order valence-corrected chi connectivity index (χ0v) is 11.6. The Bertz CT molecular complexity index is 396. The van der Waals surface area contributed by atoms with E-state index in [1.54, 1.807) is 19.2 Å². The molecule has 0 saturated carbocycles. The first kappa shape index (κ1) is 14.0. The van der Waals surface area contributed by atoms with Crippen LogP contribution in [0.15, 0.2) is 22.7 Å². The van der Waals surface area contributed by atoms with E-state index >= 15 is 0 Å². The van der Waals surface area contributed by atoms with Gasteiger partial charge in [0.25, 0.3) is 0 Å². The van der Waals surface area contributed by atoms with Crippen LogP contribution in [0.5, 0.6) is 5.75 Å². The van der Waals surface area contributed by atoms with Gasteiger partial charge < -0.3 is 15.8 Å². The maximum atomic E-state index is 11.7. The summed E-state index contributed by atoms with van der Waals surface area (Å²) in [5.41, 5.74) is 6.40. The van der Waals surface area contributed by atoms with E-state index in [1.165, 1.54) is 0 Å². The Labute approximate surface area is 110 Å². The summed E-state index contributed by atoms with van der Waals surface area (Å²) in [6.45, 7) is 2.00. The Morgan fingerprint density at radius 3 is 2.82 bits per heavy atom. The number of benzene rings is 1. The zero-order valence-electron chi connectivity index (χ0n) is 10.00. The molecule has 0 fully saturated rings. The number of halogens is 1. The summed E-state index contributed by atoms with van der Waals surface area (Å²) in [7, 11) is 1.58. The zero-order chi connectivity index (χ0) is 12.8. The minimum atomic E-state index is -0.468. The van der Waals surface area contributed by atoms with Gasteiger partial charge in [0.1, 0.15) is 5.75 Å². The van der Waals surface area contributed by atoms with Crippen molar-refractivity contribution in [3.05, 3.63) is 22.7 Å². The van der Waals surface area contributed by atoms with Gasteiger partial charge >= 0.3 is 0 Å². The van der Waals surface area contributed by atoms with E-state index in [2.05, 4.69) is 21.2 Å². The number of nitrogens with two attached hydrogens (primary N) is 1. The summed E-state index contributed by atoms with van der Waals surface area (Å²) in [5.74, 6) is 0.505. The van der Waals surface area contributed by atoms with Gasteiger partial charge in [0, 0.05) is 16.2 Å². The van der Waals surface area contributed by atoms with Gasteiger partial charge in [-0.15, -0.1) is 0 Å². The summed E-state index contributed by atoms with van der Waals surface area (Å²) in [6.07, 6.45) is 1.56. The molecule has 1 aromatic rings. The molecule has 1 rings (SSSR count). The van der Waals surface area contributed by atoms with Crippen LogP contribution in [-0.2, 0) is 4.79 Å². The van der Waals surface area contributed by atoms with E-state index in [0.717, 1.165) is 10.9 Å². The van der Waals surface area contributed by atoms with Gasteiger partial charge in [-0.25, -0.2) is 0 Å². The molecule has 0 unspecified atom stereocenters. The lowest BCUT2D eigenvalue weighted by Gasteiger charge is -2.12. The first-order chi connectivity index (χ1) is 8.06. The molecule has 17 heavy (non-hydrogen) atoms. The fourth-order valence-electron chi connectivity index (χ4n) is 1.43. The Morgan fingerprint density at radius 1 is 1.53 bits per heavy atom. The Morgan fingerprint density at radius 2 is 2.24 bits per heavy atom. The quantitative estimate of drug-likeness (QED) is 0.878. The van der Waals surface area contributed by atoms with Crippen LogP contribution >= 0.6 is 15.9 Å². The summed E-state index contributed by atoms with van der Waals surface area (Å²) in [5, 5.41) is 2.77. The van der Waals surface area contributed by atoms with E-state index in [0.29, 0.717) is 17.9 Å². The molecular weight excluding hydrogens is 284 g/mol. The average Bonchev–Trinajstić information content (AvgIpc) is 2.28. The number of anilines is 1. The van der Waals surface area contributed by atoms with Gasteiger partial charge in [-0.3, -0.25) is 4.79 Å². The number of carbonyl (C=O) groups excluding carboxylic acids is 1. The van der Waals surface area contributed by atoms with Crippen molar-refractivity contribution in [2.45, 2.75) is 25.8 Å². The molecule has 3 N–H and O–H groups in total. The van der Waals surface area contributed by atoms with Crippen molar-refractivity contribution in [2.75, 3.05) is 12.4 Å². The molecule has 1 atom stereocenters. The van der Waals surface area contributed by atoms with Crippen LogP contribution in [0.25, 0.3) is 0 Å². The molecule has 0 radical (unpaired) electrons. The predicted octanol–water partition coefficient (Wildman–Crippen LogP) is 2.52. The van der Waals surface area contributed by atoms with Crippen LogP contribution < -0.4 is 15.8 Å². The van der Waals surface area contributed by atoms with Gasteiger partial charge in [0.15, 0.2) is 0 Å². The molecule has 5 heteroatoms. The number of ether oxygens (including phenoxy) is 1. The molecule has 0 bridgehead atoms. The molecular formula is C12H17BrN2O2. The largest absolute Gasteiger partial charge is 0.497 e. The van der Waals surface area contributed by atoms with Crippen molar-refractivity contribution < 1.29 is 9.53 Å². The van der Waals surface area contributed by atoms with Crippen LogP contribution in [0.4, 0.5) is 5.69 Å². The first-order valence-corrected chi connectivity index (χ1v) is 6.27. The third-order valence-electron chi connectivity index (χ3n) is 2.31. The minimum absolute atomic E-state index is 0.174. The van der Waals surface area contributed by atoms with Crippen molar-refractivity contribution in [3.8, 4) is 5.75 Å². The smallest absolute Gasteiger partial charge is 0.241 e. The Kier molecular flexibility index (Phi) is 5.44. The lowest BCUT2D eigenvalue weighted by atomic mass is 10.1. The number of hydrogen-bond donors (Lipinski definition) is 2. The highest BCUT2D eigenvalue weighted by atomic mass is 79.9. The van der Waals surface area contributed by atoms with Gasteiger partial charge in [-0.1, -0.05) is 29.3 Å². The first-order valence-electron chi connectivity index (χ1n) is 5.47. The fourth-order valence-corrected chi connectivity index (χ4v) is 1.90. The standard InChI is InChI=1S/C12H17BrN2O2/c1-3-4-11(14)12(16)15-9-5-8(13)6-10(7-9)17-2/h5-7,11H,3-4,14H2,1-2H3,(H,15,16)/t11-/m0/s1. The van der Waals surface area contributed by atoms with E-state index in [9.17, 15) is 4.79 Å². The molecule has 0 aliphatic heterocycles. The van der Waals surface area contributed by atoms with E-state index in [4.69, 9.17) is 10.5 Å². The number of carbonyl (C=O) groups is 1. The second kappa shape index (κ2) is 6.61. The molecule has 0 spiro atoms. The SMILES string of the molecule is CCC[C@H](N)C(=O)Nc1cc(Br)cc(OC)c1. The van der Waals surface area contributed by atoms with Gasteiger partial charge in [0.2, 0.25) is 5.91 Å². The van der Waals surface area contributed by atoms with E-state index in [1.807, 2.05) is 13.0 Å². The molecule has 0 heterocycles.